The molecule has 3 aromatic rings. The highest BCUT2D eigenvalue weighted by atomic mass is 19.4. The first-order chi connectivity index (χ1) is 13.9. The van der Waals surface area contributed by atoms with E-state index in [9.17, 15) is 13.2 Å². The molecule has 0 fully saturated rings. The Balaban J connectivity index is 1.55. The van der Waals surface area contributed by atoms with Crippen LogP contribution in [0.4, 0.5) is 24.7 Å². The van der Waals surface area contributed by atoms with Crippen LogP contribution in [0.3, 0.4) is 0 Å². The molecule has 1 aliphatic rings. The SMILES string of the molecule is CC1CC=CC=C1Cn1ncc2c(Nc3ccc(OC(F)(F)F)cc3)ncnc21. The van der Waals surface area contributed by atoms with E-state index in [1.54, 1.807) is 6.20 Å². The molecule has 1 unspecified atom stereocenters. The number of nitrogens with one attached hydrogen (secondary N) is 1. The molecule has 0 saturated heterocycles. The van der Waals surface area contributed by atoms with Gasteiger partial charge in [-0.25, -0.2) is 14.6 Å². The van der Waals surface area contributed by atoms with Gasteiger partial charge in [0.2, 0.25) is 0 Å². The molecule has 0 spiro atoms. The van der Waals surface area contributed by atoms with Gasteiger partial charge in [0.05, 0.1) is 18.1 Å². The van der Waals surface area contributed by atoms with E-state index < -0.39 is 6.36 Å². The van der Waals surface area contributed by atoms with Crippen molar-refractivity contribution in [3.63, 3.8) is 0 Å². The lowest BCUT2D eigenvalue weighted by atomic mass is 9.93. The molecule has 4 rings (SSSR count). The number of hydrogen-bond acceptors (Lipinski definition) is 5. The molecular weight excluding hydrogens is 383 g/mol. The zero-order valence-electron chi connectivity index (χ0n) is 15.5. The number of hydrogen-bond donors (Lipinski definition) is 1. The summed E-state index contributed by atoms with van der Waals surface area (Å²) >= 11 is 0. The third-order valence-corrected chi connectivity index (χ3v) is 4.69. The Bertz CT molecular complexity index is 1070. The topological polar surface area (TPSA) is 64.9 Å². The maximum absolute atomic E-state index is 12.3. The van der Waals surface area contributed by atoms with Crippen molar-refractivity contribution >= 4 is 22.5 Å². The number of alkyl halides is 3. The van der Waals surface area contributed by atoms with Crippen LogP contribution in [0.15, 0.2) is 60.6 Å². The van der Waals surface area contributed by atoms with Gasteiger partial charge >= 0.3 is 6.36 Å². The molecule has 0 bridgehead atoms. The van der Waals surface area contributed by atoms with Crippen molar-refractivity contribution in [2.45, 2.75) is 26.3 Å². The van der Waals surface area contributed by atoms with Gasteiger partial charge in [-0.3, -0.25) is 0 Å². The average Bonchev–Trinajstić information content (AvgIpc) is 3.08. The second kappa shape index (κ2) is 7.57. The number of halogens is 3. The van der Waals surface area contributed by atoms with Gasteiger partial charge in [0.15, 0.2) is 5.65 Å². The molecule has 9 heteroatoms. The Morgan fingerprint density at radius 1 is 1.21 bits per heavy atom. The zero-order chi connectivity index (χ0) is 20.4. The first kappa shape index (κ1) is 19.0. The van der Waals surface area contributed by atoms with Gasteiger partial charge < -0.3 is 10.1 Å². The Morgan fingerprint density at radius 3 is 2.72 bits per heavy atom. The highest BCUT2D eigenvalue weighted by molar-refractivity contribution is 5.88. The summed E-state index contributed by atoms with van der Waals surface area (Å²) in [6.07, 6.45) is 5.70. The molecule has 150 valence electrons. The highest BCUT2D eigenvalue weighted by Gasteiger charge is 2.31. The lowest BCUT2D eigenvalue weighted by molar-refractivity contribution is -0.274. The minimum atomic E-state index is -4.72. The van der Waals surface area contributed by atoms with E-state index in [1.165, 1.54) is 36.2 Å². The maximum atomic E-state index is 12.3. The lowest BCUT2D eigenvalue weighted by Crippen LogP contribution is -2.16. The summed E-state index contributed by atoms with van der Waals surface area (Å²) < 4.78 is 42.6. The Morgan fingerprint density at radius 2 is 2.00 bits per heavy atom. The molecule has 2 aromatic heterocycles. The predicted octanol–water partition coefficient (Wildman–Crippen LogP) is 4.99. The fourth-order valence-electron chi connectivity index (χ4n) is 3.16. The number of anilines is 2. The standard InChI is InChI=1S/C20H18F3N5O/c1-13-4-2-3-5-14(13)11-28-19-17(10-26-28)18(24-12-25-19)27-15-6-8-16(9-7-15)29-20(21,22)23/h2-3,5-10,12-13H,4,11H2,1H3,(H,24,25,27). The van der Waals surface area contributed by atoms with Gasteiger partial charge in [0.1, 0.15) is 17.9 Å². The molecule has 1 aliphatic carbocycles. The molecule has 0 saturated carbocycles. The highest BCUT2D eigenvalue weighted by Crippen LogP contribution is 2.28. The summed E-state index contributed by atoms with van der Waals surface area (Å²) in [6.45, 7) is 2.81. The van der Waals surface area contributed by atoms with Gasteiger partial charge in [-0.05, 0) is 42.2 Å². The number of benzene rings is 1. The molecule has 29 heavy (non-hydrogen) atoms. The van der Waals surface area contributed by atoms with Crippen LogP contribution in [0.5, 0.6) is 5.75 Å². The van der Waals surface area contributed by atoms with Crippen molar-refractivity contribution in [2.24, 2.45) is 5.92 Å². The number of aromatic nitrogens is 4. The minimum Gasteiger partial charge on any atom is -0.406 e. The van der Waals surface area contributed by atoms with Crippen molar-refractivity contribution in [1.82, 2.24) is 19.7 Å². The molecule has 1 aromatic carbocycles. The smallest absolute Gasteiger partial charge is 0.406 e. The van der Waals surface area contributed by atoms with Gasteiger partial charge in [-0.15, -0.1) is 13.2 Å². The van der Waals surface area contributed by atoms with Crippen molar-refractivity contribution < 1.29 is 17.9 Å². The normalized spacial score (nSPS) is 16.7. The molecule has 1 atom stereocenters. The summed E-state index contributed by atoms with van der Waals surface area (Å²) in [7, 11) is 0. The average molecular weight is 401 g/mol. The monoisotopic (exact) mass is 401 g/mol. The summed E-state index contributed by atoms with van der Waals surface area (Å²) in [5.41, 5.74) is 2.52. The van der Waals surface area contributed by atoms with E-state index in [0.29, 0.717) is 29.6 Å². The summed E-state index contributed by atoms with van der Waals surface area (Å²) in [4.78, 5) is 8.59. The Kier molecular flexibility index (Phi) is 4.96. The molecule has 0 amide bonds. The molecule has 1 N–H and O–H groups in total. The van der Waals surface area contributed by atoms with Crippen LogP contribution in [0.1, 0.15) is 13.3 Å². The van der Waals surface area contributed by atoms with E-state index in [-0.39, 0.29) is 5.75 Å². The van der Waals surface area contributed by atoms with E-state index in [0.717, 1.165) is 11.8 Å². The lowest BCUT2D eigenvalue weighted by Gasteiger charge is -2.17. The third-order valence-electron chi connectivity index (χ3n) is 4.69. The minimum absolute atomic E-state index is 0.285. The molecule has 2 heterocycles. The largest absolute Gasteiger partial charge is 0.573 e. The Hall–Kier alpha value is -3.36. The summed E-state index contributed by atoms with van der Waals surface area (Å²) in [5, 5.41) is 8.27. The van der Waals surface area contributed by atoms with Gasteiger partial charge in [-0.2, -0.15) is 5.10 Å². The van der Waals surface area contributed by atoms with Crippen LogP contribution in [-0.2, 0) is 6.54 Å². The van der Waals surface area contributed by atoms with Crippen LogP contribution in [0, 0.1) is 5.92 Å². The van der Waals surface area contributed by atoms with E-state index >= 15 is 0 Å². The number of allylic oxidation sites excluding steroid dienone is 4. The number of fused-ring (bicyclic) bond motifs is 1. The fourth-order valence-corrected chi connectivity index (χ4v) is 3.16. The van der Waals surface area contributed by atoms with Gasteiger partial charge in [-0.1, -0.05) is 25.2 Å². The van der Waals surface area contributed by atoms with Crippen molar-refractivity contribution in [3.05, 3.63) is 60.6 Å². The molecule has 6 nitrogen and oxygen atoms in total. The third kappa shape index (κ3) is 4.39. The molecular formula is C20H18F3N5O. The molecule has 0 aliphatic heterocycles. The van der Waals surface area contributed by atoms with Gasteiger partial charge in [0.25, 0.3) is 0 Å². The van der Waals surface area contributed by atoms with Crippen LogP contribution in [-0.4, -0.2) is 26.1 Å². The van der Waals surface area contributed by atoms with Crippen LogP contribution in [0.2, 0.25) is 0 Å². The first-order valence-electron chi connectivity index (χ1n) is 9.04. The van der Waals surface area contributed by atoms with Crippen molar-refractivity contribution in [2.75, 3.05) is 5.32 Å². The van der Waals surface area contributed by atoms with Crippen LogP contribution in [0.25, 0.3) is 11.0 Å². The van der Waals surface area contributed by atoms with Crippen molar-refractivity contribution in [1.29, 1.82) is 0 Å². The van der Waals surface area contributed by atoms with Crippen molar-refractivity contribution in [3.8, 4) is 5.75 Å². The van der Waals surface area contributed by atoms with Crippen LogP contribution >= 0.6 is 0 Å². The maximum Gasteiger partial charge on any atom is 0.573 e. The van der Waals surface area contributed by atoms with E-state index in [4.69, 9.17) is 0 Å². The number of nitrogens with zero attached hydrogens (tertiary/aromatic N) is 4. The Labute approximate surface area is 164 Å². The fraction of sp³-hybridized carbons (Fsp3) is 0.250. The molecule has 0 radical (unpaired) electrons. The quantitative estimate of drug-likeness (QED) is 0.652. The van der Waals surface area contributed by atoms with E-state index in [2.05, 4.69) is 50.3 Å². The first-order valence-corrected chi connectivity index (χ1v) is 9.04. The second-order valence-corrected chi connectivity index (χ2v) is 6.77. The second-order valence-electron chi connectivity index (χ2n) is 6.77. The predicted molar refractivity (Wildman–Crippen MR) is 103 cm³/mol. The zero-order valence-corrected chi connectivity index (χ0v) is 15.5. The number of rotatable bonds is 5. The van der Waals surface area contributed by atoms with Crippen LogP contribution < -0.4 is 10.1 Å². The van der Waals surface area contributed by atoms with E-state index in [1.807, 2.05) is 4.68 Å². The summed E-state index contributed by atoms with van der Waals surface area (Å²) in [6, 6.07) is 5.45. The number of ether oxygens (including phenoxy) is 1. The summed E-state index contributed by atoms with van der Waals surface area (Å²) in [5.74, 6) is 0.681. The van der Waals surface area contributed by atoms with Gasteiger partial charge in [0, 0.05) is 5.69 Å².